The average Bonchev–Trinajstić information content (AvgIpc) is 2.25. The van der Waals surface area contributed by atoms with Crippen molar-refractivity contribution in [2.75, 3.05) is 5.73 Å². The normalized spacial score (nSPS) is 19.4. The fourth-order valence-electron chi connectivity index (χ4n) is 2.20. The van der Waals surface area contributed by atoms with Crippen molar-refractivity contribution in [3.63, 3.8) is 0 Å². The van der Waals surface area contributed by atoms with Crippen molar-refractivity contribution in [2.24, 2.45) is 0 Å². The number of anilines is 1. The molecule has 0 heterocycles. The molecule has 0 fully saturated rings. The fourth-order valence-corrected chi connectivity index (χ4v) is 2.55. The number of rotatable bonds is 0. The Kier molecular flexibility index (Phi) is 2.58. The smallest absolute Gasteiger partial charge is 0.0716 e. The molecule has 2 rings (SSSR count). The summed E-state index contributed by atoms with van der Waals surface area (Å²) in [6.07, 6.45) is 2.90. The van der Waals surface area contributed by atoms with E-state index in [-0.39, 0.29) is 5.92 Å². The number of aryl methyl sites for hydroxylation is 1. The van der Waals surface area contributed by atoms with Gasteiger partial charge in [-0.1, -0.05) is 17.7 Å². The number of nitrogens with zero attached hydrogens (tertiary/aromatic N) is 1. The van der Waals surface area contributed by atoms with Gasteiger partial charge in [0.25, 0.3) is 0 Å². The number of nitrogens with two attached hydrogens (primary N) is 1. The van der Waals surface area contributed by atoms with Gasteiger partial charge in [-0.15, -0.1) is 0 Å². The molecule has 1 aliphatic rings. The third kappa shape index (κ3) is 1.57. The molecule has 1 aromatic rings. The summed E-state index contributed by atoms with van der Waals surface area (Å²) in [6.45, 7) is 1.94. The Bertz CT molecular complexity index is 446. The molecule has 15 heavy (non-hydrogen) atoms. The Hall–Kier alpha value is -1.20. The van der Waals surface area contributed by atoms with Crippen molar-refractivity contribution in [2.45, 2.75) is 32.1 Å². The topological polar surface area (TPSA) is 49.8 Å². The Balaban J connectivity index is 2.64. The molecule has 3 heteroatoms. The Morgan fingerprint density at radius 3 is 3.00 bits per heavy atom. The SMILES string of the molecule is Cc1cc2c(c(Cl)c1N)CCCC2C#N. The van der Waals surface area contributed by atoms with Crippen LogP contribution >= 0.6 is 11.6 Å². The number of hydrogen-bond donors (Lipinski definition) is 1. The van der Waals surface area contributed by atoms with Gasteiger partial charge in [-0.05, 0) is 42.9 Å². The van der Waals surface area contributed by atoms with Crippen molar-refractivity contribution in [3.05, 3.63) is 27.8 Å². The average molecular weight is 221 g/mol. The monoisotopic (exact) mass is 220 g/mol. The number of nitrogen functional groups attached to an aromatic ring is 1. The van der Waals surface area contributed by atoms with E-state index < -0.39 is 0 Å². The van der Waals surface area contributed by atoms with E-state index in [4.69, 9.17) is 22.6 Å². The highest BCUT2D eigenvalue weighted by molar-refractivity contribution is 6.34. The molecular weight excluding hydrogens is 208 g/mol. The molecule has 0 spiro atoms. The van der Waals surface area contributed by atoms with Gasteiger partial charge in [-0.2, -0.15) is 5.26 Å². The molecule has 1 atom stereocenters. The van der Waals surface area contributed by atoms with Crippen LogP contribution in [-0.4, -0.2) is 0 Å². The van der Waals surface area contributed by atoms with E-state index in [1.54, 1.807) is 0 Å². The summed E-state index contributed by atoms with van der Waals surface area (Å²) in [4.78, 5) is 0. The highest BCUT2D eigenvalue weighted by atomic mass is 35.5. The van der Waals surface area contributed by atoms with Crippen molar-refractivity contribution < 1.29 is 0 Å². The largest absolute Gasteiger partial charge is 0.397 e. The molecule has 1 unspecified atom stereocenters. The van der Waals surface area contributed by atoms with Crippen LogP contribution < -0.4 is 5.73 Å². The van der Waals surface area contributed by atoms with Gasteiger partial charge < -0.3 is 5.73 Å². The van der Waals surface area contributed by atoms with E-state index in [0.29, 0.717) is 10.7 Å². The summed E-state index contributed by atoms with van der Waals surface area (Å²) in [5.41, 5.74) is 9.68. The lowest BCUT2D eigenvalue weighted by Gasteiger charge is -2.23. The van der Waals surface area contributed by atoms with Gasteiger partial charge in [0.2, 0.25) is 0 Å². The van der Waals surface area contributed by atoms with Crippen molar-refractivity contribution in [1.82, 2.24) is 0 Å². The van der Waals surface area contributed by atoms with Crippen LogP contribution in [0, 0.1) is 18.3 Å². The second-order valence-corrected chi connectivity index (χ2v) is 4.44. The van der Waals surface area contributed by atoms with E-state index >= 15 is 0 Å². The Morgan fingerprint density at radius 2 is 2.33 bits per heavy atom. The first-order valence-electron chi connectivity index (χ1n) is 5.12. The van der Waals surface area contributed by atoms with Crippen LogP contribution in [-0.2, 0) is 6.42 Å². The summed E-state index contributed by atoms with van der Waals surface area (Å²) in [7, 11) is 0. The van der Waals surface area contributed by atoms with Gasteiger partial charge in [0, 0.05) is 0 Å². The molecule has 0 saturated heterocycles. The number of nitriles is 1. The predicted molar refractivity (Wildman–Crippen MR) is 61.9 cm³/mol. The summed E-state index contributed by atoms with van der Waals surface area (Å²) < 4.78 is 0. The number of benzene rings is 1. The zero-order valence-electron chi connectivity index (χ0n) is 8.68. The maximum absolute atomic E-state index is 9.06. The summed E-state index contributed by atoms with van der Waals surface area (Å²) >= 11 is 6.20. The van der Waals surface area contributed by atoms with Crippen LogP contribution in [0.2, 0.25) is 5.02 Å². The fraction of sp³-hybridized carbons (Fsp3) is 0.417. The second-order valence-electron chi connectivity index (χ2n) is 4.06. The van der Waals surface area contributed by atoms with Crippen LogP contribution in [0.25, 0.3) is 0 Å². The van der Waals surface area contributed by atoms with Crippen molar-refractivity contribution in [1.29, 1.82) is 5.26 Å². The third-order valence-corrected chi connectivity index (χ3v) is 3.53. The highest BCUT2D eigenvalue weighted by Gasteiger charge is 2.23. The Labute approximate surface area is 94.7 Å². The molecule has 0 radical (unpaired) electrons. The molecule has 1 aliphatic carbocycles. The summed E-state index contributed by atoms with van der Waals surface area (Å²) in [5, 5.41) is 9.72. The maximum Gasteiger partial charge on any atom is 0.0716 e. The lowest BCUT2D eigenvalue weighted by molar-refractivity contribution is 0.636. The minimum Gasteiger partial charge on any atom is -0.397 e. The summed E-state index contributed by atoms with van der Waals surface area (Å²) in [5.74, 6) is -0.00875. The molecule has 78 valence electrons. The molecule has 1 aromatic carbocycles. The van der Waals surface area contributed by atoms with E-state index in [0.717, 1.165) is 36.0 Å². The maximum atomic E-state index is 9.06. The minimum atomic E-state index is -0.00875. The Morgan fingerprint density at radius 1 is 1.60 bits per heavy atom. The highest BCUT2D eigenvalue weighted by Crippen LogP contribution is 2.39. The van der Waals surface area contributed by atoms with Crippen LogP contribution in [0.5, 0.6) is 0 Å². The number of fused-ring (bicyclic) bond motifs is 1. The summed E-state index contributed by atoms with van der Waals surface area (Å²) in [6, 6.07) is 4.35. The predicted octanol–water partition coefficient (Wildman–Crippen LogP) is 3.17. The standard InChI is InChI=1S/C12H13ClN2/c1-7-5-10-8(6-14)3-2-4-9(10)11(13)12(7)15/h5,8H,2-4,15H2,1H3. The zero-order valence-corrected chi connectivity index (χ0v) is 9.43. The van der Waals surface area contributed by atoms with Gasteiger partial charge in [-0.25, -0.2) is 0 Å². The second kappa shape index (κ2) is 3.75. The minimum absolute atomic E-state index is 0.00875. The van der Waals surface area contributed by atoms with Gasteiger partial charge in [-0.3, -0.25) is 0 Å². The molecule has 0 saturated carbocycles. The molecule has 0 amide bonds. The first-order valence-corrected chi connectivity index (χ1v) is 5.50. The van der Waals surface area contributed by atoms with Crippen LogP contribution in [0.4, 0.5) is 5.69 Å². The van der Waals surface area contributed by atoms with Crippen LogP contribution in [0.3, 0.4) is 0 Å². The molecule has 2 nitrogen and oxygen atoms in total. The van der Waals surface area contributed by atoms with E-state index in [1.807, 2.05) is 13.0 Å². The molecule has 0 aliphatic heterocycles. The van der Waals surface area contributed by atoms with E-state index in [9.17, 15) is 0 Å². The van der Waals surface area contributed by atoms with Crippen molar-refractivity contribution in [3.8, 4) is 6.07 Å². The van der Waals surface area contributed by atoms with Crippen molar-refractivity contribution >= 4 is 17.3 Å². The molecule has 0 aromatic heterocycles. The number of halogens is 1. The molecule has 0 bridgehead atoms. The van der Waals surface area contributed by atoms with Gasteiger partial charge in [0.05, 0.1) is 22.7 Å². The lowest BCUT2D eigenvalue weighted by atomic mass is 9.82. The third-order valence-electron chi connectivity index (χ3n) is 3.10. The molecule has 2 N–H and O–H groups in total. The number of hydrogen-bond acceptors (Lipinski definition) is 2. The van der Waals surface area contributed by atoms with E-state index in [1.165, 1.54) is 0 Å². The lowest BCUT2D eigenvalue weighted by Crippen LogP contribution is -2.11. The van der Waals surface area contributed by atoms with Gasteiger partial charge in [0.15, 0.2) is 0 Å². The quantitative estimate of drug-likeness (QED) is 0.683. The zero-order chi connectivity index (χ0) is 11.0. The van der Waals surface area contributed by atoms with Gasteiger partial charge >= 0.3 is 0 Å². The first-order chi connectivity index (χ1) is 7.15. The molecular formula is C12H13ClN2. The van der Waals surface area contributed by atoms with Crippen LogP contribution in [0.15, 0.2) is 6.07 Å². The first kappa shape index (κ1) is 10.3. The van der Waals surface area contributed by atoms with Gasteiger partial charge in [0.1, 0.15) is 0 Å². The van der Waals surface area contributed by atoms with Crippen LogP contribution in [0.1, 0.15) is 35.4 Å². The van der Waals surface area contributed by atoms with E-state index in [2.05, 4.69) is 6.07 Å².